The molecule has 0 aliphatic carbocycles. The van der Waals surface area contributed by atoms with Crippen LogP contribution in [0.25, 0.3) is 0 Å². The lowest BCUT2D eigenvalue weighted by Crippen LogP contribution is -3.09. The lowest BCUT2D eigenvalue weighted by molar-refractivity contribution is -0.893. The van der Waals surface area contributed by atoms with E-state index in [1.165, 1.54) is 5.56 Å². The van der Waals surface area contributed by atoms with Crippen LogP contribution in [0.1, 0.15) is 5.56 Å². The SMILES string of the molecule is C[NH+](Cc1ccccc1)C(Cl)Cl.[Cl-]. The quantitative estimate of drug-likeness (QED) is 0.483. The molecule has 0 aliphatic heterocycles. The molecule has 1 unspecified atom stereocenters. The van der Waals surface area contributed by atoms with Crippen LogP contribution in [0.5, 0.6) is 0 Å². The van der Waals surface area contributed by atoms with Crippen molar-refractivity contribution in [3.63, 3.8) is 0 Å². The van der Waals surface area contributed by atoms with Gasteiger partial charge in [-0.25, -0.2) is 0 Å². The Morgan fingerprint density at radius 2 is 1.77 bits per heavy atom. The third-order valence-corrected chi connectivity index (χ3v) is 2.44. The number of hydrogen-bond donors (Lipinski definition) is 1. The van der Waals surface area contributed by atoms with Gasteiger partial charge in [0.2, 0.25) is 4.96 Å². The highest BCUT2D eigenvalue weighted by atomic mass is 35.5. The van der Waals surface area contributed by atoms with E-state index in [1.54, 1.807) is 0 Å². The molecule has 0 fully saturated rings. The average Bonchev–Trinajstić information content (AvgIpc) is 2.06. The van der Waals surface area contributed by atoms with Crippen molar-refractivity contribution in [2.24, 2.45) is 0 Å². The van der Waals surface area contributed by atoms with E-state index in [0.717, 1.165) is 11.4 Å². The Bertz CT molecular complexity index is 226. The molecular weight excluding hydrogens is 228 g/mol. The summed E-state index contributed by atoms with van der Waals surface area (Å²) >= 11 is 11.4. The highest BCUT2D eigenvalue weighted by Crippen LogP contribution is 1.97. The van der Waals surface area contributed by atoms with Crippen LogP contribution in [-0.4, -0.2) is 12.0 Å². The first-order valence-corrected chi connectivity index (χ1v) is 4.72. The van der Waals surface area contributed by atoms with Gasteiger partial charge in [-0.1, -0.05) is 30.3 Å². The molecule has 0 amide bonds. The second kappa shape index (κ2) is 6.50. The fourth-order valence-corrected chi connectivity index (χ4v) is 1.15. The number of hydrogen-bond acceptors (Lipinski definition) is 0. The molecule has 74 valence electrons. The van der Waals surface area contributed by atoms with Crippen molar-refractivity contribution < 1.29 is 17.3 Å². The van der Waals surface area contributed by atoms with Gasteiger partial charge < -0.3 is 17.3 Å². The van der Waals surface area contributed by atoms with E-state index in [4.69, 9.17) is 23.2 Å². The van der Waals surface area contributed by atoms with E-state index in [1.807, 2.05) is 25.2 Å². The van der Waals surface area contributed by atoms with E-state index in [2.05, 4.69) is 12.1 Å². The largest absolute Gasteiger partial charge is 1.00 e. The first kappa shape index (κ1) is 13.1. The molecule has 13 heavy (non-hydrogen) atoms. The van der Waals surface area contributed by atoms with Gasteiger partial charge in [0.15, 0.2) is 0 Å². The first-order chi connectivity index (χ1) is 5.70. The van der Waals surface area contributed by atoms with Gasteiger partial charge in [0.05, 0.1) is 7.05 Å². The molecule has 1 nitrogen and oxygen atoms in total. The predicted octanol–water partition coefficient (Wildman–Crippen LogP) is -1.53. The van der Waals surface area contributed by atoms with Crippen molar-refractivity contribution >= 4 is 23.2 Å². The highest BCUT2D eigenvalue weighted by Gasteiger charge is 2.10. The van der Waals surface area contributed by atoms with Crippen LogP contribution in [0.2, 0.25) is 0 Å². The van der Waals surface area contributed by atoms with Crippen molar-refractivity contribution in [3.05, 3.63) is 35.9 Å². The van der Waals surface area contributed by atoms with Crippen LogP contribution in [0.15, 0.2) is 30.3 Å². The molecule has 1 atom stereocenters. The van der Waals surface area contributed by atoms with Gasteiger partial charge in [-0.2, -0.15) is 0 Å². The topological polar surface area (TPSA) is 4.44 Å². The summed E-state index contributed by atoms with van der Waals surface area (Å²) in [6, 6.07) is 10.2. The number of rotatable bonds is 3. The van der Waals surface area contributed by atoms with Crippen molar-refractivity contribution in [1.29, 1.82) is 0 Å². The summed E-state index contributed by atoms with van der Waals surface area (Å²) in [6.45, 7) is 0.860. The van der Waals surface area contributed by atoms with Crippen LogP contribution >= 0.6 is 23.2 Å². The van der Waals surface area contributed by atoms with E-state index in [9.17, 15) is 0 Å². The molecule has 1 N–H and O–H groups in total. The number of alkyl halides is 2. The molecule has 4 heteroatoms. The summed E-state index contributed by atoms with van der Waals surface area (Å²) in [5.74, 6) is 0. The maximum Gasteiger partial charge on any atom is 0.239 e. The summed E-state index contributed by atoms with van der Waals surface area (Å²) in [7, 11) is 1.97. The molecule has 0 aromatic heterocycles. The lowest BCUT2D eigenvalue weighted by atomic mass is 10.2. The van der Waals surface area contributed by atoms with Gasteiger partial charge in [-0.05, 0) is 23.2 Å². The number of quaternary nitrogens is 1. The second-order valence-electron chi connectivity index (χ2n) is 2.81. The van der Waals surface area contributed by atoms with Gasteiger partial charge >= 0.3 is 0 Å². The van der Waals surface area contributed by atoms with Crippen LogP contribution < -0.4 is 17.3 Å². The van der Waals surface area contributed by atoms with E-state index >= 15 is 0 Å². The third kappa shape index (κ3) is 4.72. The van der Waals surface area contributed by atoms with Crippen molar-refractivity contribution in [3.8, 4) is 0 Å². The predicted molar refractivity (Wildman–Crippen MR) is 52.5 cm³/mol. The minimum absolute atomic E-state index is 0. The fourth-order valence-electron chi connectivity index (χ4n) is 0.995. The fraction of sp³-hybridized carbons (Fsp3) is 0.333. The van der Waals surface area contributed by atoms with Crippen molar-refractivity contribution in [2.75, 3.05) is 7.05 Å². The summed E-state index contributed by atoms with van der Waals surface area (Å²) < 4.78 is 0. The van der Waals surface area contributed by atoms with Gasteiger partial charge in [0.25, 0.3) is 0 Å². The summed E-state index contributed by atoms with van der Waals surface area (Å²) in [4.78, 5) is 0.731. The van der Waals surface area contributed by atoms with Crippen molar-refractivity contribution in [1.82, 2.24) is 0 Å². The molecule has 0 bridgehead atoms. The standard InChI is InChI=1S/C9H11Cl2N.ClH/c1-12(9(10)11)7-8-5-3-2-4-6-8;/h2-6,9H,7H2,1H3;1H. The van der Waals surface area contributed by atoms with Crippen LogP contribution in [0.3, 0.4) is 0 Å². The zero-order valence-electron chi connectivity index (χ0n) is 7.31. The van der Waals surface area contributed by atoms with E-state index in [-0.39, 0.29) is 17.4 Å². The van der Waals surface area contributed by atoms with Gasteiger partial charge in [-0.3, -0.25) is 0 Å². The molecular formula is C9H12Cl3N. The lowest BCUT2D eigenvalue weighted by Gasteiger charge is -2.14. The number of halogens is 3. The zero-order chi connectivity index (χ0) is 8.97. The number of nitrogens with one attached hydrogen (secondary N) is 1. The molecule has 1 rings (SSSR count). The average molecular weight is 241 g/mol. The second-order valence-corrected chi connectivity index (χ2v) is 3.91. The molecule has 0 heterocycles. The molecule has 0 radical (unpaired) electrons. The minimum atomic E-state index is -0.356. The third-order valence-electron chi connectivity index (χ3n) is 1.70. The Hall–Kier alpha value is 0.0500. The van der Waals surface area contributed by atoms with Crippen LogP contribution in [-0.2, 0) is 6.54 Å². The zero-order valence-corrected chi connectivity index (χ0v) is 9.57. The Balaban J connectivity index is 0.00000144. The first-order valence-electron chi connectivity index (χ1n) is 3.84. The summed E-state index contributed by atoms with van der Waals surface area (Å²) in [6.07, 6.45) is 0. The van der Waals surface area contributed by atoms with Crippen LogP contribution in [0.4, 0.5) is 0 Å². The summed E-state index contributed by atoms with van der Waals surface area (Å²) in [5.41, 5.74) is 1.25. The molecule has 0 aliphatic rings. The molecule has 0 saturated carbocycles. The Morgan fingerprint density at radius 3 is 2.23 bits per heavy atom. The Morgan fingerprint density at radius 1 is 1.23 bits per heavy atom. The Labute approximate surface area is 95.0 Å². The molecule has 0 spiro atoms. The number of benzene rings is 1. The van der Waals surface area contributed by atoms with Gasteiger partial charge in [-0.15, -0.1) is 0 Å². The van der Waals surface area contributed by atoms with Crippen molar-refractivity contribution in [2.45, 2.75) is 11.5 Å². The molecule has 1 aromatic rings. The molecule has 0 saturated heterocycles. The Kier molecular flexibility index (Phi) is 6.52. The smallest absolute Gasteiger partial charge is 0.239 e. The van der Waals surface area contributed by atoms with Crippen LogP contribution in [0, 0.1) is 0 Å². The maximum absolute atomic E-state index is 5.71. The normalized spacial score (nSPS) is 12.3. The monoisotopic (exact) mass is 239 g/mol. The van der Waals surface area contributed by atoms with E-state index in [0.29, 0.717) is 0 Å². The van der Waals surface area contributed by atoms with Gasteiger partial charge in [0.1, 0.15) is 6.54 Å². The molecule has 1 aromatic carbocycles. The van der Waals surface area contributed by atoms with E-state index < -0.39 is 0 Å². The maximum atomic E-state index is 5.71. The summed E-state index contributed by atoms with van der Waals surface area (Å²) in [5, 5.41) is 0. The minimum Gasteiger partial charge on any atom is -1.00 e. The van der Waals surface area contributed by atoms with Gasteiger partial charge in [0, 0.05) is 5.56 Å². The highest BCUT2D eigenvalue weighted by molar-refractivity contribution is 6.42.